The lowest BCUT2D eigenvalue weighted by atomic mass is 10.2. The molecular weight excluding hydrogens is 232 g/mol. The Morgan fingerprint density at radius 2 is 1.89 bits per heavy atom. The molecule has 18 heavy (non-hydrogen) atoms. The summed E-state index contributed by atoms with van der Waals surface area (Å²) < 4.78 is 10.4. The minimum absolute atomic E-state index is 0.230. The summed E-state index contributed by atoms with van der Waals surface area (Å²) in [5.41, 5.74) is 0.532. The first-order chi connectivity index (χ1) is 8.77. The van der Waals surface area contributed by atoms with Crippen molar-refractivity contribution in [3.8, 4) is 5.75 Å². The second-order valence-electron chi connectivity index (χ2n) is 3.88. The minimum Gasteiger partial charge on any atom is -0.494 e. The van der Waals surface area contributed by atoms with Crippen LogP contribution in [0.5, 0.6) is 5.75 Å². The lowest BCUT2D eigenvalue weighted by Gasteiger charge is -2.06. The molecule has 0 heterocycles. The van der Waals surface area contributed by atoms with Gasteiger partial charge in [-0.05, 0) is 50.5 Å². The second kappa shape index (κ2) is 8.53. The van der Waals surface area contributed by atoms with Gasteiger partial charge < -0.3 is 14.6 Å². The minimum atomic E-state index is -0.313. The topological polar surface area (TPSA) is 55.8 Å². The molecular formula is C14H20O4. The van der Waals surface area contributed by atoms with E-state index in [0.717, 1.165) is 25.0 Å². The number of aliphatic hydroxyl groups excluding tert-OH is 1. The molecule has 4 nitrogen and oxygen atoms in total. The van der Waals surface area contributed by atoms with Crippen LogP contribution in [0, 0.1) is 0 Å². The Kier molecular flexibility index (Phi) is 6.87. The number of hydrogen-bond acceptors (Lipinski definition) is 4. The summed E-state index contributed by atoms with van der Waals surface area (Å²) in [6.07, 6.45) is 2.68. The predicted molar refractivity (Wildman–Crippen MR) is 68.8 cm³/mol. The Bertz CT molecular complexity index is 345. The van der Waals surface area contributed by atoms with Crippen molar-refractivity contribution in [2.75, 3.05) is 19.8 Å². The van der Waals surface area contributed by atoms with E-state index in [4.69, 9.17) is 14.6 Å². The van der Waals surface area contributed by atoms with Crippen molar-refractivity contribution in [1.29, 1.82) is 0 Å². The average molecular weight is 252 g/mol. The van der Waals surface area contributed by atoms with Crippen LogP contribution in [-0.2, 0) is 4.74 Å². The molecule has 0 saturated carbocycles. The van der Waals surface area contributed by atoms with Gasteiger partial charge in [0.05, 0.1) is 18.8 Å². The third-order valence-electron chi connectivity index (χ3n) is 2.44. The molecule has 100 valence electrons. The maximum atomic E-state index is 11.4. The van der Waals surface area contributed by atoms with Gasteiger partial charge in [-0.1, -0.05) is 0 Å². The summed E-state index contributed by atoms with van der Waals surface area (Å²) >= 11 is 0. The Balaban J connectivity index is 2.33. The van der Waals surface area contributed by atoms with Crippen molar-refractivity contribution in [3.05, 3.63) is 29.8 Å². The highest BCUT2D eigenvalue weighted by molar-refractivity contribution is 5.89. The molecule has 0 fully saturated rings. The second-order valence-corrected chi connectivity index (χ2v) is 3.88. The predicted octanol–water partition coefficient (Wildman–Crippen LogP) is 2.40. The molecule has 0 atom stereocenters. The van der Waals surface area contributed by atoms with Crippen molar-refractivity contribution >= 4 is 5.97 Å². The molecule has 1 rings (SSSR count). The molecule has 0 unspecified atom stereocenters. The first-order valence-electron chi connectivity index (χ1n) is 6.28. The summed E-state index contributed by atoms with van der Waals surface area (Å²) in [5.74, 6) is 0.430. The van der Waals surface area contributed by atoms with Crippen LogP contribution in [0.2, 0.25) is 0 Å². The van der Waals surface area contributed by atoms with Crippen LogP contribution in [0.15, 0.2) is 24.3 Å². The molecule has 1 aromatic rings. The lowest BCUT2D eigenvalue weighted by Crippen LogP contribution is -2.04. The zero-order valence-corrected chi connectivity index (χ0v) is 10.7. The maximum Gasteiger partial charge on any atom is 0.338 e. The van der Waals surface area contributed by atoms with Gasteiger partial charge in [-0.2, -0.15) is 0 Å². The van der Waals surface area contributed by atoms with Gasteiger partial charge in [-0.15, -0.1) is 0 Å². The zero-order chi connectivity index (χ0) is 13.2. The number of carbonyl (C=O) groups is 1. The van der Waals surface area contributed by atoms with E-state index in [1.807, 2.05) is 0 Å². The summed E-state index contributed by atoms with van der Waals surface area (Å²) in [6, 6.07) is 6.92. The molecule has 0 saturated heterocycles. The molecule has 0 bridgehead atoms. The molecule has 0 aliphatic carbocycles. The first-order valence-corrected chi connectivity index (χ1v) is 6.28. The molecule has 4 heteroatoms. The fourth-order valence-electron chi connectivity index (χ4n) is 1.48. The zero-order valence-electron chi connectivity index (χ0n) is 10.7. The molecule has 1 N–H and O–H groups in total. The summed E-state index contributed by atoms with van der Waals surface area (Å²) in [5, 5.41) is 8.62. The molecule has 0 aliphatic rings. The van der Waals surface area contributed by atoms with E-state index in [1.54, 1.807) is 31.2 Å². The fraction of sp³-hybridized carbons (Fsp3) is 0.500. The summed E-state index contributed by atoms with van der Waals surface area (Å²) in [6.45, 7) is 3.01. The van der Waals surface area contributed by atoms with Gasteiger partial charge in [0, 0.05) is 6.61 Å². The van der Waals surface area contributed by atoms with Crippen LogP contribution in [0.25, 0.3) is 0 Å². The Labute approximate surface area is 108 Å². The highest BCUT2D eigenvalue weighted by Crippen LogP contribution is 2.13. The number of benzene rings is 1. The maximum absolute atomic E-state index is 11.4. The number of carbonyl (C=O) groups excluding carboxylic acids is 1. The van der Waals surface area contributed by atoms with Crippen molar-refractivity contribution < 1.29 is 19.4 Å². The van der Waals surface area contributed by atoms with Crippen molar-refractivity contribution in [3.63, 3.8) is 0 Å². The van der Waals surface area contributed by atoms with E-state index >= 15 is 0 Å². The highest BCUT2D eigenvalue weighted by Gasteiger charge is 2.05. The third kappa shape index (κ3) is 5.19. The van der Waals surface area contributed by atoms with E-state index in [1.165, 1.54) is 0 Å². The molecule has 0 aliphatic heterocycles. The number of rotatable bonds is 8. The monoisotopic (exact) mass is 252 g/mol. The van der Waals surface area contributed by atoms with E-state index in [2.05, 4.69) is 0 Å². The fourth-order valence-corrected chi connectivity index (χ4v) is 1.48. The molecule has 0 amide bonds. The standard InChI is InChI=1S/C14H20O4/c1-2-17-14(16)12-6-8-13(9-7-12)18-11-5-3-4-10-15/h6-9,15H,2-5,10-11H2,1H3. The molecule has 0 aromatic heterocycles. The van der Waals surface area contributed by atoms with Gasteiger partial charge in [0.25, 0.3) is 0 Å². The number of unbranched alkanes of at least 4 members (excludes halogenated alkanes) is 2. The lowest BCUT2D eigenvalue weighted by molar-refractivity contribution is 0.0526. The van der Waals surface area contributed by atoms with Gasteiger partial charge in [0.15, 0.2) is 0 Å². The van der Waals surface area contributed by atoms with Crippen LogP contribution in [0.1, 0.15) is 36.5 Å². The van der Waals surface area contributed by atoms with Crippen LogP contribution in [0.3, 0.4) is 0 Å². The number of hydrogen-bond donors (Lipinski definition) is 1. The normalized spacial score (nSPS) is 10.1. The average Bonchev–Trinajstić information content (AvgIpc) is 2.39. The van der Waals surface area contributed by atoms with Gasteiger partial charge in [0.1, 0.15) is 5.75 Å². The third-order valence-corrected chi connectivity index (χ3v) is 2.44. The summed E-state index contributed by atoms with van der Waals surface area (Å²) in [7, 11) is 0. The van der Waals surface area contributed by atoms with E-state index in [9.17, 15) is 4.79 Å². The molecule has 0 spiro atoms. The van der Waals surface area contributed by atoms with Crippen LogP contribution < -0.4 is 4.74 Å². The van der Waals surface area contributed by atoms with Gasteiger partial charge >= 0.3 is 5.97 Å². The van der Waals surface area contributed by atoms with Gasteiger partial charge in [-0.3, -0.25) is 0 Å². The Morgan fingerprint density at radius 1 is 1.17 bits per heavy atom. The quantitative estimate of drug-likeness (QED) is 0.570. The number of aliphatic hydroxyl groups is 1. The molecule has 0 radical (unpaired) electrons. The van der Waals surface area contributed by atoms with Crippen LogP contribution >= 0.6 is 0 Å². The van der Waals surface area contributed by atoms with E-state index < -0.39 is 0 Å². The Morgan fingerprint density at radius 3 is 2.50 bits per heavy atom. The van der Waals surface area contributed by atoms with E-state index in [0.29, 0.717) is 18.8 Å². The number of esters is 1. The first kappa shape index (κ1) is 14.5. The largest absolute Gasteiger partial charge is 0.494 e. The SMILES string of the molecule is CCOC(=O)c1ccc(OCCCCCO)cc1. The van der Waals surface area contributed by atoms with Crippen molar-refractivity contribution in [1.82, 2.24) is 0 Å². The molecule has 1 aromatic carbocycles. The van der Waals surface area contributed by atoms with E-state index in [-0.39, 0.29) is 12.6 Å². The van der Waals surface area contributed by atoms with Gasteiger partial charge in [0.2, 0.25) is 0 Å². The van der Waals surface area contributed by atoms with Gasteiger partial charge in [-0.25, -0.2) is 4.79 Å². The number of ether oxygens (including phenoxy) is 2. The van der Waals surface area contributed by atoms with Crippen LogP contribution in [-0.4, -0.2) is 30.9 Å². The Hall–Kier alpha value is -1.55. The van der Waals surface area contributed by atoms with Crippen molar-refractivity contribution in [2.24, 2.45) is 0 Å². The van der Waals surface area contributed by atoms with Crippen molar-refractivity contribution in [2.45, 2.75) is 26.2 Å². The summed E-state index contributed by atoms with van der Waals surface area (Å²) in [4.78, 5) is 11.4. The smallest absolute Gasteiger partial charge is 0.338 e. The highest BCUT2D eigenvalue weighted by atomic mass is 16.5. The van der Waals surface area contributed by atoms with Crippen LogP contribution in [0.4, 0.5) is 0 Å².